The fourth-order valence-corrected chi connectivity index (χ4v) is 3.51. The lowest BCUT2D eigenvalue weighted by atomic mass is 10.0. The molecule has 1 unspecified atom stereocenters. The third kappa shape index (κ3) is 4.98. The molecule has 1 aromatic heterocycles. The number of benzene rings is 1. The van der Waals surface area contributed by atoms with Crippen molar-refractivity contribution in [3.05, 3.63) is 41.9 Å². The normalized spacial score (nSPS) is 16.1. The Kier molecular flexibility index (Phi) is 6.60. The lowest BCUT2D eigenvalue weighted by molar-refractivity contribution is -0.133. The van der Waals surface area contributed by atoms with Crippen LogP contribution in [0.15, 0.2) is 28.8 Å². The second-order valence-electron chi connectivity index (χ2n) is 7.48. The van der Waals surface area contributed by atoms with Crippen molar-refractivity contribution in [2.45, 2.75) is 32.7 Å². The van der Waals surface area contributed by atoms with Gasteiger partial charge >= 0.3 is 0 Å². The number of aryl methyl sites for hydroxylation is 1. The number of rotatable bonds is 6. The average molecular weight is 402 g/mol. The van der Waals surface area contributed by atoms with Crippen LogP contribution in [-0.4, -0.2) is 52.9 Å². The molecule has 2 aromatic rings. The smallest absolute Gasteiger partial charge is 0.223 e. The summed E-state index contributed by atoms with van der Waals surface area (Å²) in [5, 5.41) is 9.32. The van der Waals surface area contributed by atoms with E-state index in [1.165, 1.54) is 12.3 Å². The Hall–Kier alpha value is -2.79. The van der Waals surface area contributed by atoms with E-state index in [9.17, 15) is 18.8 Å². The maximum atomic E-state index is 13.9. The zero-order chi connectivity index (χ0) is 21.0. The predicted molar refractivity (Wildman–Crippen MR) is 103 cm³/mol. The molecule has 1 aromatic carbocycles. The average Bonchev–Trinajstić information content (AvgIpc) is 3.15. The third-order valence-corrected chi connectivity index (χ3v) is 5.13. The van der Waals surface area contributed by atoms with Gasteiger partial charge < -0.3 is 9.32 Å². The highest BCUT2D eigenvalue weighted by atomic mass is 19.1. The van der Waals surface area contributed by atoms with Crippen molar-refractivity contribution in [2.75, 3.05) is 26.2 Å². The van der Waals surface area contributed by atoms with Gasteiger partial charge in [0.05, 0.1) is 17.8 Å². The number of nitriles is 1. The highest BCUT2D eigenvalue weighted by Gasteiger charge is 2.27. The number of oxazole rings is 1. The van der Waals surface area contributed by atoms with E-state index in [1.807, 2.05) is 13.8 Å². The fraction of sp³-hybridized carbons (Fsp3) is 0.476. The van der Waals surface area contributed by atoms with Gasteiger partial charge in [-0.25, -0.2) is 13.8 Å². The number of carbonyl (C=O) groups is 1. The summed E-state index contributed by atoms with van der Waals surface area (Å²) in [5.74, 6) is -0.609. The van der Waals surface area contributed by atoms with Gasteiger partial charge in [-0.15, -0.1) is 0 Å². The molecule has 8 heteroatoms. The number of nitrogens with zero attached hydrogens (tertiary/aromatic N) is 4. The summed E-state index contributed by atoms with van der Waals surface area (Å²) in [6.07, 6.45) is 1.91. The van der Waals surface area contributed by atoms with Crippen LogP contribution in [0.3, 0.4) is 0 Å². The summed E-state index contributed by atoms with van der Waals surface area (Å²) in [4.78, 5) is 20.5. The molecule has 0 N–H and O–H groups in total. The van der Waals surface area contributed by atoms with Crippen LogP contribution < -0.4 is 0 Å². The van der Waals surface area contributed by atoms with Crippen molar-refractivity contribution in [3.63, 3.8) is 0 Å². The maximum Gasteiger partial charge on any atom is 0.223 e. The number of piperazine rings is 1. The molecular weight excluding hydrogens is 378 g/mol. The molecule has 0 bridgehead atoms. The monoisotopic (exact) mass is 402 g/mol. The van der Waals surface area contributed by atoms with Crippen molar-refractivity contribution in [1.82, 2.24) is 14.8 Å². The zero-order valence-corrected chi connectivity index (χ0v) is 16.6. The minimum absolute atomic E-state index is 0.00424. The molecular formula is C21H24F2N4O2. The Balaban J connectivity index is 1.52. The van der Waals surface area contributed by atoms with Gasteiger partial charge in [0, 0.05) is 45.1 Å². The van der Waals surface area contributed by atoms with Crippen LogP contribution >= 0.6 is 0 Å². The van der Waals surface area contributed by atoms with Crippen LogP contribution in [0.4, 0.5) is 8.78 Å². The first-order valence-electron chi connectivity index (χ1n) is 9.70. The summed E-state index contributed by atoms with van der Waals surface area (Å²) in [6, 6.07) is 5.44. The van der Waals surface area contributed by atoms with Gasteiger partial charge in [-0.3, -0.25) is 9.69 Å². The minimum atomic E-state index is -0.723. The highest BCUT2D eigenvalue weighted by molar-refractivity contribution is 5.76. The van der Waals surface area contributed by atoms with Crippen molar-refractivity contribution in [1.29, 1.82) is 5.26 Å². The van der Waals surface area contributed by atoms with Gasteiger partial charge in [0.25, 0.3) is 0 Å². The molecule has 1 saturated heterocycles. The van der Waals surface area contributed by atoms with E-state index >= 15 is 0 Å². The van der Waals surface area contributed by atoms with E-state index in [0.29, 0.717) is 38.5 Å². The topological polar surface area (TPSA) is 73.4 Å². The van der Waals surface area contributed by atoms with Crippen molar-refractivity contribution in [2.24, 2.45) is 5.92 Å². The molecule has 2 heterocycles. The molecule has 0 aliphatic carbocycles. The number of carbonyl (C=O) groups excluding carboxylic acids is 1. The van der Waals surface area contributed by atoms with E-state index < -0.39 is 11.6 Å². The van der Waals surface area contributed by atoms with Crippen LogP contribution in [0.25, 0.3) is 11.3 Å². The molecule has 1 aliphatic heterocycles. The van der Waals surface area contributed by atoms with Gasteiger partial charge in [0.1, 0.15) is 17.7 Å². The zero-order valence-electron chi connectivity index (χ0n) is 16.6. The van der Waals surface area contributed by atoms with E-state index in [0.717, 1.165) is 12.1 Å². The molecule has 1 amide bonds. The summed E-state index contributed by atoms with van der Waals surface area (Å²) < 4.78 is 32.4. The molecule has 0 saturated carbocycles. The third-order valence-electron chi connectivity index (χ3n) is 5.13. The van der Waals surface area contributed by atoms with Crippen molar-refractivity contribution < 1.29 is 18.0 Å². The molecule has 6 nitrogen and oxygen atoms in total. The van der Waals surface area contributed by atoms with Gasteiger partial charge in [0.2, 0.25) is 5.91 Å². The Morgan fingerprint density at radius 1 is 1.28 bits per heavy atom. The Morgan fingerprint density at radius 3 is 2.62 bits per heavy atom. The molecule has 0 spiro atoms. The maximum absolute atomic E-state index is 13.9. The van der Waals surface area contributed by atoms with Gasteiger partial charge in [-0.1, -0.05) is 13.8 Å². The van der Waals surface area contributed by atoms with Crippen LogP contribution in [0.1, 0.15) is 26.2 Å². The molecule has 1 aliphatic rings. The van der Waals surface area contributed by atoms with E-state index in [2.05, 4.69) is 16.0 Å². The molecule has 0 radical (unpaired) electrons. The largest absolute Gasteiger partial charge is 0.441 e. The second-order valence-corrected chi connectivity index (χ2v) is 7.48. The van der Waals surface area contributed by atoms with Crippen LogP contribution in [0, 0.1) is 28.9 Å². The standard InChI is InChI=1S/C21H24F2N4O2/c1-14(2)18(12-24)26-7-9-27(10-8-26)21(28)6-5-20-25-13-19(29-20)16-4-3-15(22)11-17(16)23/h3-4,11,13-14,18H,5-10H2,1-2H3. The lowest BCUT2D eigenvalue weighted by Gasteiger charge is -2.38. The van der Waals surface area contributed by atoms with E-state index in [1.54, 1.807) is 4.90 Å². The number of hydrogen-bond acceptors (Lipinski definition) is 5. The second kappa shape index (κ2) is 9.14. The highest BCUT2D eigenvalue weighted by Crippen LogP contribution is 2.24. The summed E-state index contributed by atoms with van der Waals surface area (Å²) in [7, 11) is 0. The summed E-state index contributed by atoms with van der Waals surface area (Å²) in [6.45, 7) is 6.56. The number of amides is 1. The van der Waals surface area contributed by atoms with Gasteiger partial charge in [-0.05, 0) is 18.1 Å². The number of halogens is 2. The number of hydrogen-bond donors (Lipinski definition) is 0. The lowest BCUT2D eigenvalue weighted by Crippen LogP contribution is -2.52. The Bertz CT molecular complexity index is 898. The number of aromatic nitrogens is 1. The Labute approximate surface area is 168 Å². The molecule has 1 atom stereocenters. The fourth-order valence-electron chi connectivity index (χ4n) is 3.51. The molecule has 29 heavy (non-hydrogen) atoms. The quantitative estimate of drug-likeness (QED) is 0.742. The van der Waals surface area contributed by atoms with Crippen LogP contribution in [0.2, 0.25) is 0 Å². The first-order chi connectivity index (χ1) is 13.9. The van der Waals surface area contributed by atoms with Crippen LogP contribution in [0.5, 0.6) is 0 Å². The summed E-state index contributed by atoms with van der Waals surface area (Å²) >= 11 is 0. The summed E-state index contributed by atoms with van der Waals surface area (Å²) in [5.41, 5.74) is 0.129. The van der Waals surface area contributed by atoms with E-state index in [-0.39, 0.29) is 35.6 Å². The van der Waals surface area contributed by atoms with Gasteiger partial charge in [0.15, 0.2) is 11.7 Å². The first kappa shape index (κ1) is 20.9. The van der Waals surface area contributed by atoms with Gasteiger partial charge in [-0.2, -0.15) is 5.26 Å². The molecule has 154 valence electrons. The SMILES string of the molecule is CC(C)C(C#N)N1CCN(C(=O)CCc2ncc(-c3ccc(F)cc3F)o2)CC1. The first-order valence-corrected chi connectivity index (χ1v) is 9.70. The van der Waals surface area contributed by atoms with Crippen molar-refractivity contribution in [3.8, 4) is 17.4 Å². The predicted octanol–water partition coefficient (Wildman–Crippen LogP) is 3.24. The van der Waals surface area contributed by atoms with E-state index in [4.69, 9.17) is 4.42 Å². The van der Waals surface area contributed by atoms with Crippen molar-refractivity contribution >= 4 is 5.91 Å². The molecule has 1 fully saturated rings. The Morgan fingerprint density at radius 2 is 2.00 bits per heavy atom. The minimum Gasteiger partial charge on any atom is -0.441 e. The molecule has 3 rings (SSSR count). The van der Waals surface area contributed by atoms with Crippen LogP contribution in [-0.2, 0) is 11.2 Å².